The monoisotopic (exact) mass is 545 g/mol. The van der Waals surface area contributed by atoms with Crippen LogP contribution in [0.25, 0.3) is 11.4 Å². The van der Waals surface area contributed by atoms with E-state index in [0.29, 0.717) is 35.7 Å². The van der Waals surface area contributed by atoms with Crippen molar-refractivity contribution < 1.29 is 4.52 Å². The van der Waals surface area contributed by atoms with E-state index in [-0.39, 0.29) is 24.0 Å². The largest absolute Gasteiger partial charge is 0.370 e. The second-order valence-electron chi connectivity index (χ2n) is 6.30. The summed E-state index contributed by atoms with van der Waals surface area (Å²) >= 11 is 7.56. The molecule has 0 atom stereocenters. The van der Waals surface area contributed by atoms with E-state index in [1.54, 1.807) is 23.5 Å². The van der Waals surface area contributed by atoms with Crippen molar-refractivity contribution in [3.05, 3.63) is 46.8 Å². The topological polar surface area (TPSA) is 96.7 Å². The minimum Gasteiger partial charge on any atom is -0.370 e. The minimum absolute atomic E-state index is 0. The van der Waals surface area contributed by atoms with E-state index in [9.17, 15) is 0 Å². The summed E-state index contributed by atoms with van der Waals surface area (Å²) in [6.45, 7) is 3.93. The highest BCUT2D eigenvalue weighted by molar-refractivity contribution is 14.0. The maximum Gasteiger partial charge on any atom is 0.228 e. The highest BCUT2D eigenvalue weighted by atomic mass is 127. The molecular weight excluding hydrogens is 525 g/mol. The number of halogens is 2. The lowest BCUT2D eigenvalue weighted by atomic mass is 10.2. The third kappa shape index (κ3) is 5.58. The van der Waals surface area contributed by atoms with Gasteiger partial charge in [-0.15, -0.1) is 35.3 Å². The number of rotatable bonds is 5. The molecule has 1 aromatic carbocycles. The SMILES string of the molecule is I.NC(=NCCc1nc(-c2ccc(Cl)cc2)no1)N1CCN(c2nccs2)CC1. The van der Waals surface area contributed by atoms with E-state index in [4.69, 9.17) is 21.9 Å². The van der Waals surface area contributed by atoms with Crippen molar-refractivity contribution in [2.45, 2.75) is 6.42 Å². The van der Waals surface area contributed by atoms with Crippen LogP contribution < -0.4 is 10.6 Å². The highest BCUT2D eigenvalue weighted by Gasteiger charge is 2.19. The number of hydrogen-bond acceptors (Lipinski definition) is 7. The average molecular weight is 546 g/mol. The second-order valence-corrected chi connectivity index (χ2v) is 7.61. The Labute approximate surface area is 194 Å². The van der Waals surface area contributed by atoms with Gasteiger partial charge in [-0.2, -0.15) is 4.98 Å². The van der Waals surface area contributed by atoms with Crippen LogP contribution in [-0.4, -0.2) is 58.7 Å². The third-order valence-corrected chi connectivity index (χ3v) is 5.55. The maximum atomic E-state index is 6.15. The molecule has 4 rings (SSSR count). The van der Waals surface area contributed by atoms with Crippen LogP contribution in [0.5, 0.6) is 0 Å². The van der Waals surface area contributed by atoms with Crippen LogP contribution in [0.1, 0.15) is 5.89 Å². The number of benzene rings is 1. The van der Waals surface area contributed by atoms with Gasteiger partial charge in [-0.05, 0) is 24.3 Å². The molecule has 1 aliphatic rings. The molecule has 2 N–H and O–H groups in total. The van der Waals surface area contributed by atoms with E-state index in [2.05, 4.69) is 29.9 Å². The van der Waals surface area contributed by atoms with Crippen LogP contribution >= 0.6 is 46.9 Å². The first-order valence-electron chi connectivity index (χ1n) is 8.97. The molecule has 3 aromatic rings. The van der Waals surface area contributed by atoms with Crippen molar-refractivity contribution in [1.82, 2.24) is 20.0 Å². The van der Waals surface area contributed by atoms with Gasteiger partial charge in [0.2, 0.25) is 11.7 Å². The number of aromatic nitrogens is 3. The molecule has 0 aliphatic carbocycles. The summed E-state index contributed by atoms with van der Waals surface area (Å²) in [4.78, 5) is 17.6. The van der Waals surface area contributed by atoms with E-state index in [1.807, 2.05) is 23.7 Å². The number of nitrogens with two attached hydrogens (primary N) is 1. The van der Waals surface area contributed by atoms with Crippen molar-refractivity contribution in [2.75, 3.05) is 37.6 Å². The maximum absolute atomic E-state index is 6.15. The Kier molecular flexibility index (Phi) is 7.67. The summed E-state index contributed by atoms with van der Waals surface area (Å²) < 4.78 is 5.30. The van der Waals surface area contributed by atoms with Crippen LogP contribution in [0, 0.1) is 0 Å². The lowest BCUT2D eigenvalue weighted by Gasteiger charge is -2.35. The van der Waals surface area contributed by atoms with Crippen molar-refractivity contribution in [1.29, 1.82) is 0 Å². The Morgan fingerprint density at radius 2 is 1.97 bits per heavy atom. The molecule has 1 aliphatic heterocycles. The number of anilines is 1. The van der Waals surface area contributed by atoms with Gasteiger partial charge in [0.1, 0.15) is 0 Å². The van der Waals surface area contributed by atoms with Crippen LogP contribution in [-0.2, 0) is 6.42 Å². The Morgan fingerprint density at radius 3 is 2.66 bits per heavy atom. The minimum atomic E-state index is 0. The first kappa shape index (κ1) is 21.8. The smallest absolute Gasteiger partial charge is 0.228 e. The van der Waals surface area contributed by atoms with Crippen molar-refractivity contribution in [2.24, 2.45) is 10.7 Å². The van der Waals surface area contributed by atoms with Gasteiger partial charge in [0.15, 0.2) is 11.1 Å². The molecule has 2 aromatic heterocycles. The first-order valence-corrected chi connectivity index (χ1v) is 10.2. The average Bonchev–Trinajstić information content (AvgIpc) is 3.41. The summed E-state index contributed by atoms with van der Waals surface area (Å²) in [6, 6.07) is 7.31. The summed E-state index contributed by atoms with van der Waals surface area (Å²) in [5, 5.41) is 7.73. The molecule has 0 amide bonds. The number of thiazole rings is 1. The fourth-order valence-electron chi connectivity index (χ4n) is 2.94. The normalized spacial score (nSPS) is 14.7. The van der Waals surface area contributed by atoms with Gasteiger partial charge in [-0.3, -0.25) is 4.99 Å². The molecule has 0 radical (unpaired) electrons. The van der Waals surface area contributed by atoms with E-state index in [1.165, 1.54) is 0 Å². The molecule has 1 fully saturated rings. The molecule has 0 spiro atoms. The fraction of sp³-hybridized carbons (Fsp3) is 0.333. The van der Waals surface area contributed by atoms with Gasteiger partial charge in [-0.25, -0.2) is 4.98 Å². The zero-order valence-electron chi connectivity index (χ0n) is 15.6. The van der Waals surface area contributed by atoms with Crippen LogP contribution in [0.4, 0.5) is 5.13 Å². The fourth-order valence-corrected chi connectivity index (χ4v) is 3.76. The molecular formula is C18H21ClIN7OS. The van der Waals surface area contributed by atoms with Crippen molar-refractivity contribution >= 4 is 58.0 Å². The van der Waals surface area contributed by atoms with Crippen LogP contribution in [0.15, 0.2) is 45.4 Å². The number of hydrogen-bond donors (Lipinski definition) is 1. The number of piperazine rings is 1. The van der Waals surface area contributed by atoms with Gasteiger partial charge in [0, 0.05) is 54.8 Å². The summed E-state index contributed by atoms with van der Waals surface area (Å²) in [5.41, 5.74) is 7.01. The Morgan fingerprint density at radius 1 is 1.21 bits per heavy atom. The van der Waals surface area contributed by atoms with Gasteiger partial charge >= 0.3 is 0 Å². The third-order valence-electron chi connectivity index (χ3n) is 4.46. The standard InChI is InChI=1S/C18H20ClN7OS.HI/c19-14-3-1-13(2-4-14)16-23-15(27-24-16)5-6-21-17(20)25-8-10-26(11-9-25)18-22-7-12-28-18;/h1-4,7,12H,5-6,8-11H2,(H2,20,21);1H. The molecule has 29 heavy (non-hydrogen) atoms. The predicted octanol–water partition coefficient (Wildman–Crippen LogP) is 3.14. The zero-order valence-corrected chi connectivity index (χ0v) is 19.5. The van der Waals surface area contributed by atoms with Gasteiger partial charge in [-0.1, -0.05) is 16.8 Å². The van der Waals surface area contributed by atoms with Gasteiger partial charge in [0.05, 0.1) is 6.54 Å². The van der Waals surface area contributed by atoms with Crippen molar-refractivity contribution in [3.63, 3.8) is 0 Å². The second kappa shape index (κ2) is 10.2. The molecule has 3 heterocycles. The molecule has 1 saturated heterocycles. The van der Waals surface area contributed by atoms with Crippen LogP contribution in [0.2, 0.25) is 5.02 Å². The molecule has 8 nitrogen and oxygen atoms in total. The number of guanidine groups is 1. The Balaban J connectivity index is 0.00000240. The summed E-state index contributed by atoms with van der Waals surface area (Å²) in [7, 11) is 0. The summed E-state index contributed by atoms with van der Waals surface area (Å²) in [6.07, 6.45) is 2.37. The Bertz CT molecular complexity index is 924. The lowest BCUT2D eigenvalue weighted by Crippen LogP contribution is -2.51. The highest BCUT2D eigenvalue weighted by Crippen LogP contribution is 2.20. The molecule has 0 bridgehead atoms. The quantitative estimate of drug-likeness (QED) is 0.299. The van der Waals surface area contributed by atoms with Gasteiger partial charge in [0.25, 0.3) is 0 Å². The van der Waals surface area contributed by atoms with E-state index >= 15 is 0 Å². The molecule has 11 heteroatoms. The number of nitrogens with zero attached hydrogens (tertiary/aromatic N) is 6. The first-order chi connectivity index (χ1) is 13.7. The summed E-state index contributed by atoms with van der Waals surface area (Å²) in [5.74, 6) is 1.63. The number of aliphatic imine (C=N–C) groups is 1. The van der Waals surface area contributed by atoms with Crippen molar-refractivity contribution in [3.8, 4) is 11.4 Å². The van der Waals surface area contributed by atoms with Crippen LogP contribution in [0.3, 0.4) is 0 Å². The van der Waals surface area contributed by atoms with E-state index in [0.717, 1.165) is 36.9 Å². The molecule has 0 unspecified atom stereocenters. The molecule has 0 saturated carbocycles. The lowest BCUT2D eigenvalue weighted by molar-refractivity contribution is 0.374. The zero-order chi connectivity index (χ0) is 19.3. The van der Waals surface area contributed by atoms with Gasteiger partial charge < -0.3 is 20.1 Å². The molecule has 154 valence electrons. The predicted molar refractivity (Wildman–Crippen MR) is 126 cm³/mol. The Hall–Kier alpha value is -1.92. The van der Waals surface area contributed by atoms with E-state index < -0.39 is 0 Å².